The summed E-state index contributed by atoms with van der Waals surface area (Å²) in [7, 11) is 0. The molecule has 3 nitrogen and oxygen atoms in total. The lowest BCUT2D eigenvalue weighted by atomic mass is 10.1. The number of nitrogens with zero attached hydrogens (tertiary/aromatic N) is 1. The Morgan fingerprint density at radius 3 is 2.65 bits per heavy atom. The van der Waals surface area contributed by atoms with Crippen molar-refractivity contribution in [2.24, 2.45) is 0 Å². The Balaban J connectivity index is 1.57. The van der Waals surface area contributed by atoms with E-state index in [1.165, 1.54) is 17.7 Å². The highest BCUT2D eigenvalue weighted by Crippen LogP contribution is 2.05. The number of morpholine rings is 1. The van der Waals surface area contributed by atoms with Crippen molar-refractivity contribution in [3.63, 3.8) is 0 Å². The van der Waals surface area contributed by atoms with Crippen molar-refractivity contribution < 1.29 is 9.13 Å². The molecule has 4 heteroatoms. The Morgan fingerprint density at radius 2 is 1.95 bits per heavy atom. The Hall–Kier alpha value is -0.970. The fraction of sp³-hybridized carbons (Fsp3) is 0.625. The Morgan fingerprint density at radius 1 is 1.25 bits per heavy atom. The molecule has 1 atom stereocenters. The molecule has 1 aromatic rings. The number of ether oxygens (including phenoxy) is 1. The fourth-order valence-electron chi connectivity index (χ4n) is 2.52. The number of hydrogen-bond donors (Lipinski definition) is 1. The van der Waals surface area contributed by atoms with Crippen molar-refractivity contribution in [2.45, 2.75) is 25.8 Å². The highest BCUT2D eigenvalue weighted by molar-refractivity contribution is 5.16. The van der Waals surface area contributed by atoms with E-state index in [1.807, 2.05) is 12.1 Å². The van der Waals surface area contributed by atoms with Gasteiger partial charge in [0, 0.05) is 19.1 Å². The van der Waals surface area contributed by atoms with E-state index >= 15 is 0 Å². The van der Waals surface area contributed by atoms with Crippen LogP contribution in [0.1, 0.15) is 18.9 Å². The molecule has 1 aliphatic heterocycles. The summed E-state index contributed by atoms with van der Waals surface area (Å²) in [5.74, 6) is -0.167. The van der Waals surface area contributed by atoms with Crippen molar-refractivity contribution >= 4 is 0 Å². The summed E-state index contributed by atoms with van der Waals surface area (Å²) in [5, 5.41) is 3.53. The monoisotopic (exact) mass is 280 g/mol. The van der Waals surface area contributed by atoms with Gasteiger partial charge in [-0.15, -0.1) is 0 Å². The topological polar surface area (TPSA) is 24.5 Å². The molecule has 2 rings (SSSR count). The first-order valence-electron chi connectivity index (χ1n) is 7.52. The standard InChI is InChI=1S/C16H25FN2O/c1-14(13-15-3-5-16(17)6-4-15)18-7-2-8-19-9-11-20-12-10-19/h3-6,14,18H,2,7-13H2,1H3. The molecule has 1 heterocycles. The highest BCUT2D eigenvalue weighted by Gasteiger charge is 2.09. The first-order valence-corrected chi connectivity index (χ1v) is 7.52. The van der Waals surface area contributed by atoms with Crippen LogP contribution in [0, 0.1) is 5.82 Å². The smallest absolute Gasteiger partial charge is 0.123 e. The van der Waals surface area contributed by atoms with Gasteiger partial charge in [0.15, 0.2) is 0 Å². The van der Waals surface area contributed by atoms with Crippen molar-refractivity contribution in [1.29, 1.82) is 0 Å². The Kier molecular flexibility index (Phi) is 6.43. The maximum absolute atomic E-state index is 12.8. The lowest BCUT2D eigenvalue weighted by Crippen LogP contribution is -2.38. The van der Waals surface area contributed by atoms with Gasteiger partial charge in [0.25, 0.3) is 0 Å². The average Bonchev–Trinajstić information content (AvgIpc) is 2.47. The second-order valence-electron chi connectivity index (χ2n) is 5.49. The lowest BCUT2D eigenvalue weighted by Gasteiger charge is -2.26. The summed E-state index contributed by atoms with van der Waals surface area (Å²) >= 11 is 0. The number of halogens is 1. The van der Waals surface area contributed by atoms with E-state index in [1.54, 1.807) is 0 Å². The second kappa shape index (κ2) is 8.35. The van der Waals surface area contributed by atoms with E-state index < -0.39 is 0 Å². The van der Waals surface area contributed by atoms with Gasteiger partial charge in [-0.25, -0.2) is 4.39 Å². The molecule has 1 aromatic carbocycles. The number of rotatable bonds is 7. The van der Waals surface area contributed by atoms with Gasteiger partial charge in [0.2, 0.25) is 0 Å². The zero-order chi connectivity index (χ0) is 14.2. The van der Waals surface area contributed by atoms with Gasteiger partial charge in [-0.1, -0.05) is 12.1 Å². The normalized spacial score (nSPS) is 18.1. The van der Waals surface area contributed by atoms with Crippen LogP contribution in [0.4, 0.5) is 4.39 Å². The molecule has 20 heavy (non-hydrogen) atoms. The predicted octanol–water partition coefficient (Wildman–Crippen LogP) is 2.07. The van der Waals surface area contributed by atoms with Crippen LogP contribution in [0.5, 0.6) is 0 Å². The van der Waals surface area contributed by atoms with E-state index in [9.17, 15) is 4.39 Å². The quantitative estimate of drug-likeness (QED) is 0.774. The minimum absolute atomic E-state index is 0.167. The summed E-state index contributed by atoms with van der Waals surface area (Å²) in [6.45, 7) is 8.20. The molecule has 1 fully saturated rings. The van der Waals surface area contributed by atoms with Crippen molar-refractivity contribution in [3.05, 3.63) is 35.6 Å². The molecule has 0 saturated carbocycles. The number of benzene rings is 1. The summed E-state index contributed by atoms with van der Waals surface area (Å²) in [6.07, 6.45) is 2.10. The predicted molar refractivity (Wildman–Crippen MR) is 79.4 cm³/mol. The van der Waals surface area contributed by atoms with Gasteiger partial charge >= 0.3 is 0 Å². The maximum atomic E-state index is 12.8. The highest BCUT2D eigenvalue weighted by atomic mass is 19.1. The van der Waals surface area contributed by atoms with Gasteiger partial charge < -0.3 is 10.1 Å². The van der Waals surface area contributed by atoms with Crippen molar-refractivity contribution in [1.82, 2.24) is 10.2 Å². The summed E-state index contributed by atoms with van der Waals surface area (Å²) < 4.78 is 18.2. The second-order valence-corrected chi connectivity index (χ2v) is 5.49. The summed E-state index contributed by atoms with van der Waals surface area (Å²) in [6, 6.07) is 7.20. The minimum Gasteiger partial charge on any atom is -0.379 e. The average molecular weight is 280 g/mol. The number of hydrogen-bond acceptors (Lipinski definition) is 3. The van der Waals surface area contributed by atoms with Gasteiger partial charge in [0.05, 0.1) is 13.2 Å². The van der Waals surface area contributed by atoms with E-state index in [-0.39, 0.29) is 5.82 Å². The van der Waals surface area contributed by atoms with Crippen LogP contribution in [0.2, 0.25) is 0 Å². The van der Waals surface area contributed by atoms with E-state index in [2.05, 4.69) is 17.1 Å². The van der Waals surface area contributed by atoms with Crippen LogP contribution in [0.3, 0.4) is 0 Å². The molecule has 0 radical (unpaired) electrons. The Labute approximate surface area is 121 Å². The molecule has 0 amide bonds. The fourth-order valence-corrected chi connectivity index (χ4v) is 2.52. The molecule has 0 aliphatic carbocycles. The third-order valence-corrected chi connectivity index (χ3v) is 3.70. The zero-order valence-electron chi connectivity index (χ0n) is 12.3. The van der Waals surface area contributed by atoms with Gasteiger partial charge in [0.1, 0.15) is 5.82 Å². The largest absolute Gasteiger partial charge is 0.379 e. The van der Waals surface area contributed by atoms with E-state index in [0.717, 1.165) is 52.2 Å². The van der Waals surface area contributed by atoms with Crippen LogP contribution in [-0.2, 0) is 11.2 Å². The molecular formula is C16H25FN2O. The third-order valence-electron chi connectivity index (χ3n) is 3.70. The third kappa shape index (κ3) is 5.57. The molecule has 1 unspecified atom stereocenters. The molecule has 0 spiro atoms. The van der Waals surface area contributed by atoms with Crippen LogP contribution in [-0.4, -0.2) is 50.3 Å². The summed E-state index contributed by atoms with van der Waals surface area (Å²) in [4.78, 5) is 2.45. The summed E-state index contributed by atoms with van der Waals surface area (Å²) in [5.41, 5.74) is 1.18. The number of nitrogens with one attached hydrogen (secondary N) is 1. The van der Waals surface area contributed by atoms with Crippen molar-refractivity contribution in [2.75, 3.05) is 39.4 Å². The first kappa shape index (κ1) is 15.4. The van der Waals surface area contributed by atoms with Gasteiger partial charge in [-0.05, 0) is 50.6 Å². The molecular weight excluding hydrogens is 255 g/mol. The molecule has 1 aliphatic rings. The molecule has 0 bridgehead atoms. The van der Waals surface area contributed by atoms with Crippen LogP contribution < -0.4 is 5.32 Å². The van der Waals surface area contributed by atoms with Gasteiger partial charge in [-0.3, -0.25) is 4.90 Å². The molecule has 1 saturated heterocycles. The Bertz CT molecular complexity index is 377. The molecule has 112 valence electrons. The van der Waals surface area contributed by atoms with E-state index in [0.29, 0.717) is 6.04 Å². The van der Waals surface area contributed by atoms with Crippen LogP contribution in [0.25, 0.3) is 0 Å². The van der Waals surface area contributed by atoms with E-state index in [4.69, 9.17) is 4.74 Å². The minimum atomic E-state index is -0.167. The maximum Gasteiger partial charge on any atom is 0.123 e. The SMILES string of the molecule is CC(Cc1ccc(F)cc1)NCCCN1CCOCC1. The van der Waals surface area contributed by atoms with Gasteiger partial charge in [-0.2, -0.15) is 0 Å². The van der Waals surface area contributed by atoms with Crippen molar-refractivity contribution in [3.8, 4) is 0 Å². The zero-order valence-corrected chi connectivity index (χ0v) is 12.3. The van der Waals surface area contributed by atoms with Crippen LogP contribution >= 0.6 is 0 Å². The lowest BCUT2D eigenvalue weighted by molar-refractivity contribution is 0.0374. The van der Waals surface area contributed by atoms with Crippen LogP contribution in [0.15, 0.2) is 24.3 Å². The first-order chi connectivity index (χ1) is 9.74. The molecule has 1 N–H and O–H groups in total. The molecule has 0 aromatic heterocycles.